The molecule has 3 aliphatic heterocycles. The van der Waals surface area contributed by atoms with E-state index in [1.54, 1.807) is 97.9 Å². The Kier molecular flexibility index (Phi) is 12.6. The summed E-state index contributed by atoms with van der Waals surface area (Å²) >= 11 is 0. The van der Waals surface area contributed by atoms with E-state index in [0.717, 1.165) is 5.56 Å². The zero-order valence-corrected chi connectivity index (χ0v) is 38.4. The minimum atomic E-state index is -0.719. The maximum absolute atomic E-state index is 14.1. The lowest BCUT2D eigenvalue weighted by Crippen LogP contribution is -2.25. The first-order valence-corrected chi connectivity index (χ1v) is 22.5. The molecule has 3 atom stereocenters. The van der Waals surface area contributed by atoms with E-state index in [4.69, 9.17) is 34.2 Å². The van der Waals surface area contributed by atoms with Gasteiger partial charge < -0.3 is 39.1 Å². The second kappa shape index (κ2) is 19.5. The Morgan fingerprint density at radius 3 is 1.46 bits per heavy atom. The Bertz CT molecular complexity index is 3470. The normalized spacial score (nSPS) is 16.2. The maximum atomic E-state index is 14.1. The number of rotatable bonds is 9. The quantitative estimate of drug-likeness (QED) is 0.128. The third-order valence-corrected chi connectivity index (χ3v) is 12.1. The number of carbonyl (C=O) groups excluding carboxylic acids is 3. The molecule has 0 saturated carbocycles. The summed E-state index contributed by atoms with van der Waals surface area (Å²) in [4.78, 5) is 64.5. The van der Waals surface area contributed by atoms with Gasteiger partial charge in [-0.05, 0) is 72.1 Å². The number of fused-ring (bicyclic) bond motifs is 3. The highest BCUT2D eigenvalue weighted by molar-refractivity contribution is 6.03. The van der Waals surface area contributed by atoms with Crippen molar-refractivity contribution in [2.24, 2.45) is 0 Å². The molecule has 3 aromatic carbocycles. The second-order valence-corrected chi connectivity index (χ2v) is 16.7. The predicted molar refractivity (Wildman–Crippen MR) is 254 cm³/mol. The summed E-state index contributed by atoms with van der Waals surface area (Å²) in [6.07, 6.45) is 4.39. The number of nitrogens with zero attached hydrogens (tertiary/aromatic N) is 7. The van der Waals surface area contributed by atoms with Crippen molar-refractivity contribution in [1.29, 1.82) is 0 Å². The number of hydrogen-bond acceptors (Lipinski definition) is 16. The van der Waals surface area contributed by atoms with Crippen molar-refractivity contribution in [1.82, 2.24) is 34.8 Å². The number of likely N-dealkylation sites (N-methyl/N-ethyl adjacent to an activating group) is 1. The number of aryl methyl sites for hydroxylation is 1. The Hall–Kier alpha value is -9.39. The Labute approximate surface area is 408 Å². The molecule has 3 aliphatic rings. The third-order valence-electron chi connectivity index (χ3n) is 12.1. The van der Waals surface area contributed by atoms with Gasteiger partial charge in [-0.25, -0.2) is 48.3 Å². The van der Waals surface area contributed by atoms with E-state index in [9.17, 15) is 23.2 Å². The van der Waals surface area contributed by atoms with Crippen molar-refractivity contribution < 1.29 is 45.9 Å². The van der Waals surface area contributed by atoms with Gasteiger partial charge in [0.2, 0.25) is 11.9 Å². The highest BCUT2D eigenvalue weighted by Gasteiger charge is 2.41. The molecule has 12 rings (SSSR count). The van der Waals surface area contributed by atoms with E-state index in [1.807, 2.05) is 30.3 Å². The Morgan fingerprint density at radius 1 is 0.514 bits per heavy atom. The van der Waals surface area contributed by atoms with Crippen LogP contribution in [0.1, 0.15) is 88.9 Å². The van der Waals surface area contributed by atoms with Gasteiger partial charge in [0, 0.05) is 26.3 Å². The maximum Gasteiger partial charge on any atom is 0.343 e. The summed E-state index contributed by atoms with van der Waals surface area (Å²) in [7, 11) is 1.71. The van der Waals surface area contributed by atoms with E-state index in [2.05, 4.69) is 29.9 Å². The van der Waals surface area contributed by atoms with Crippen molar-refractivity contribution in [2.75, 3.05) is 18.5 Å². The zero-order valence-electron chi connectivity index (χ0n) is 38.4. The molecule has 9 heterocycles. The van der Waals surface area contributed by atoms with Crippen LogP contribution in [-0.2, 0) is 28.7 Å². The van der Waals surface area contributed by atoms with Gasteiger partial charge in [-0.2, -0.15) is 0 Å². The van der Waals surface area contributed by atoms with Gasteiger partial charge in [0.05, 0.1) is 36.1 Å². The number of nitrogen functional groups attached to an aromatic ring is 2. The number of benzene rings is 3. The highest BCUT2D eigenvalue weighted by Crippen LogP contribution is 2.41. The first-order valence-electron chi connectivity index (χ1n) is 22.5. The van der Waals surface area contributed by atoms with Gasteiger partial charge in [0.1, 0.15) is 69.3 Å². The summed E-state index contributed by atoms with van der Waals surface area (Å²) in [5, 5.41) is 0. The van der Waals surface area contributed by atoms with Crippen molar-refractivity contribution in [3.05, 3.63) is 202 Å². The number of anilines is 2. The number of aromatic nitrogens is 6. The monoisotopic (exact) mass is 969 g/mol. The molecule has 0 bridgehead atoms. The number of esters is 2. The molecule has 1 amide bonds. The summed E-state index contributed by atoms with van der Waals surface area (Å²) in [5.41, 5.74) is 17.2. The zero-order chi connectivity index (χ0) is 50.0. The standard InChI is InChI=1S/C19H16FN3O2.C17H12FN3O3.C17H13N3O3/c1-11-21-17-14(10-12-6-3-4-7-13(12)20)23(2)19(24)16(17)18(22-11)15-8-5-9-25-15;18-10-5-2-1-4-9(10)8-12-15-13(16(22)24-12)14(20-17(19)21-15)11-6-3-7-23-11;18-17-19-14(11-7-4-8-22-11)13-15(20-17)12(23-16(13)21)9-10-5-2-1-3-6-10/h3-9,14H,10H2,1-2H3;1-7,12H,8H2,(H2,19,20,21);1-8,12H,9H2,(H2,18,19,20). The average Bonchev–Trinajstić information content (AvgIpc) is 4.26. The molecule has 3 unspecified atom stereocenters. The van der Waals surface area contributed by atoms with Gasteiger partial charge in [0.15, 0.2) is 17.3 Å². The van der Waals surface area contributed by atoms with E-state index < -0.39 is 24.1 Å². The third kappa shape index (κ3) is 9.13. The van der Waals surface area contributed by atoms with Gasteiger partial charge in [-0.15, -0.1) is 0 Å². The largest absolute Gasteiger partial charge is 0.463 e. The number of hydrogen-bond donors (Lipinski definition) is 2. The van der Waals surface area contributed by atoms with Gasteiger partial charge in [-0.3, -0.25) is 4.79 Å². The van der Waals surface area contributed by atoms with Gasteiger partial charge in [-0.1, -0.05) is 66.7 Å². The van der Waals surface area contributed by atoms with Gasteiger partial charge in [0.25, 0.3) is 5.91 Å². The van der Waals surface area contributed by atoms with Crippen LogP contribution in [0.25, 0.3) is 34.4 Å². The molecule has 19 heteroatoms. The number of nitrogens with two attached hydrogens (primary N) is 2. The number of amides is 1. The molecular weight excluding hydrogens is 929 g/mol. The molecule has 6 aromatic heterocycles. The average molecular weight is 970 g/mol. The predicted octanol–water partition coefficient (Wildman–Crippen LogP) is 9.24. The van der Waals surface area contributed by atoms with Crippen molar-refractivity contribution in [3.63, 3.8) is 0 Å². The molecule has 0 spiro atoms. The molecule has 0 radical (unpaired) electrons. The number of halogens is 2. The number of ether oxygens (including phenoxy) is 2. The van der Waals surface area contributed by atoms with Crippen LogP contribution in [0.3, 0.4) is 0 Å². The lowest BCUT2D eigenvalue weighted by atomic mass is 10.0. The number of furan rings is 3. The van der Waals surface area contributed by atoms with E-state index in [1.165, 1.54) is 24.7 Å². The molecule has 0 aliphatic carbocycles. The lowest BCUT2D eigenvalue weighted by molar-refractivity contribution is 0.0372. The van der Waals surface area contributed by atoms with Crippen molar-refractivity contribution in [2.45, 2.75) is 44.4 Å². The van der Waals surface area contributed by atoms with E-state index in [-0.39, 0.29) is 53.2 Å². The van der Waals surface area contributed by atoms with E-state index >= 15 is 0 Å². The fourth-order valence-electron chi connectivity index (χ4n) is 8.75. The fraction of sp³-hybridized carbons (Fsp3) is 0.151. The summed E-state index contributed by atoms with van der Waals surface area (Å²) in [6, 6.07) is 32.6. The van der Waals surface area contributed by atoms with Crippen LogP contribution in [0.5, 0.6) is 0 Å². The van der Waals surface area contributed by atoms with Crippen LogP contribution in [0.15, 0.2) is 147 Å². The van der Waals surface area contributed by atoms with Crippen molar-refractivity contribution >= 4 is 29.7 Å². The molecule has 4 N–H and O–H groups in total. The minimum Gasteiger partial charge on any atom is -0.463 e. The first-order chi connectivity index (χ1) is 34.9. The Morgan fingerprint density at radius 2 is 0.972 bits per heavy atom. The molecule has 9 aromatic rings. The smallest absolute Gasteiger partial charge is 0.343 e. The molecule has 0 fully saturated rings. The fourth-order valence-corrected chi connectivity index (χ4v) is 8.75. The van der Waals surface area contributed by atoms with Crippen LogP contribution in [0.4, 0.5) is 20.7 Å². The molecule has 360 valence electrons. The van der Waals surface area contributed by atoms with Crippen LogP contribution in [-0.4, -0.2) is 59.7 Å². The molecular formula is C53H41F2N9O8. The summed E-state index contributed by atoms with van der Waals surface area (Å²) < 4.78 is 54.9. The number of cyclic esters (lactones) is 2. The van der Waals surface area contributed by atoms with Gasteiger partial charge >= 0.3 is 11.9 Å². The van der Waals surface area contributed by atoms with Crippen LogP contribution in [0, 0.1) is 18.6 Å². The van der Waals surface area contributed by atoms with Crippen LogP contribution >= 0.6 is 0 Å². The number of carbonyl (C=O) groups is 3. The highest BCUT2D eigenvalue weighted by atomic mass is 19.1. The SMILES string of the molecule is Cc1nc(-c2ccco2)c2c(n1)C(Cc1ccccc1F)N(C)C2=O.Nc1nc(-c2ccco2)c2c(n1)C(Cc1ccccc1)OC2=O.Nc1nc(-c2ccco2)c2c(n1)C(Cc1ccccc1F)OC2=O. The second-order valence-electron chi connectivity index (χ2n) is 16.7. The Balaban J connectivity index is 0.000000124. The minimum absolute atomic E-state index is 0.00279. The summed E-state index contributed by atoms with van der Waals surface area (Å²) in [5.74, 6) is 0.166. The molecule has 17 nitrogen and oxygen atoms in total. The molecule has 72 heavy (non-hydrogen) atoms. The van der Waals surface area contributed by atoms with E-state index in [0.29, 0.717) is 86.7 Å². The molecule has 0 saturated heterocycles. The lowest BCUT2D eigenvalue weighted by Gasteiger charge is -2.20. The first kappa shape index (κ1) is 46.3. The van der Waals surface area contributed by atoms with Crippen LogP contribution < -0.4 is 11.5 Å². The van der Waals surface area contributed by atoms with Crippen LogP contribution in [0.2, 0.25) is 0 Å². The topological polar surface area (TPSA) is 242 Å². The summed E-state index contributed by atoms with van der Waals surface area (Å²) in [6.45, 7) is 1.77. The van der Waals surface area contributed by atoms with Crippen molar-refractivity contribution in [3.8, 4) is 34.4 Å².